The smallest absolute Gasteiger partial charge is 0.410 e. The number of piperidine rings is 1. The summed E-state index contributed by atoms with van der Waals surface area (Å²) in [5.41, 5.74) is 1.97. The number of carbonyl (C=O) groups is 3. The van der Waals surface area contributed by atoms with E-state index in [9.17, 15) is 14.4 Å². The Morgan fingerprint density at radius 1 is 0.942 bits per heavy atom. The minimum absolute atomic E-state index is 0.114. The Balaban J connectivity index is 1.36. The number of ketones is 1. The van der Waals surface area contributed by atoms with Crippen LogP contribution >= 0.6 is 11.6 Å². The van der Waals surface area contributed by atoms with E-state index in [1.807, 2.05) is 80.3 Å². The molecule has 0 radical (unpaired) electrons. The van der Waals surface area contributed by atoms with Crippen molar-refractivity contribution in [2.75, 3.05) is 38.8 Å². The largest absolute Gasteiger partial charge is 0.497 e. The molecule has 1 atom stereocenters. The van der Waals surface area contributed by atoms with Gasteiger partial charge in [-0.1, -0.05) is 60.1 Å². The number of methoxy groups -OCH3 is 2. The summed E-state index contributed by atoms with van der Waals surface area (Å²) >= 11 is 6.38. The monoisotopic (exact) mass is 724 g/mol. The van der Waals surface area contributed by atoms with E-state index >= 15 is 0 Å². The molecule has 1 unspecified atom stereocenters. The molecule has 272 valence electrons. The fraction of sp³-hybridized carbons (Fsp3) is 0.341. The number of hydrogen-bond acceptors (Lipinski definition) is 7. The predicted molar refractivity (Wildman–Crippen MR) is 205 cm³/mol. The molecular weight excluding hydrogens is 680 g/mol. The highest BCUT2D eigenvalue weighted by atomic mass is 35.5. The van der Waals surface area contributed by atoms with E-state index in [-0.39, 0.29) is 24.3 Å². The van der Waals surface area contributed by atoms with Crippen LogP contribution in [-0.4, -0.2) is 73.2 Å². The van der Waals surface area contributed by atoms with Crippen LogP contribution in [0.5, 0.6) is 11.5 Å². The molecule has 0 spiro atoms. The highest BCUT2D eigenvalue weighted by Gasteiger charge is 2.36. The van der Waals surface area contributed by atoms with Crippen molar-refractivity contribution < 1.29 is 28.6 Å². The Labute approximate surface area is 309 Å². The predicted octanol–water partition coefficient (Wildman–Crippen LogP) is 8.01. The van der Waals surface area contributed by atoms with E-state index in [1.165, 1.54) is 0 Å². The molecule has 0 saturated carbocycles. The first kappa shape index (κ1) is 36.6. The van der Waals surface area contributed by atoms with E-state index in [1.54, 1.807) is 49.6 Å². The fourth-order valence-electron chi connectivity index (χ4n) is 6.73. The third-order valence-electron chi connectivity index (χ3n) is 9.47. The molecule has 0 bridgehead atoms. The van der Waals surface area contributed by atoms with Crippen molar-refractivity contribution in [1.29, 1.82) is 0 Å². The lowest BCUT2D eigenvalue weighted by molar-refractivity contribution is -0.121. The number of benzene rings is 4. The molecule has 2 amide bonds. The summed E-state index contributed by atoms with van der Waals surface area (Å²) in [6.45, 7) is 7.13. The van der Waals surface area contributed by atoms with Gasteiger partial charge in [-0.3, -0.25) is 9.59 Å². The number of H-pyrrole nitrogens is 1. The first-order valence-corrected chi connectivity index (χ1v) is 17.9. The molecule has 6 rings (SSSR count). The molecule has 1 aliphatic rings. The lowest BCUT2D eigenvalue weighted by Crippen LogP contribution is -2.53. The minimum atomic E-state index is -1.26. The maximum absolute atomic E-state index is 14.9. The third kappa shape index (κ3) is 8.12. The van der Waals surface area contributed by atoms with Crippen LogP contribution in [0.2, 0.25) is 5.02 Å². The van der Waals surface area contributed by atoms with Gasteiger partial charge in [-0.25, -0.2) is 4.79 Å². The summed E-state index contributed by atoms with van der Waals surface area (Å²) < 4.78 is 16.8. The summed E-state index contributed by atoms with van der Waals surface area (Å²) in [5.74, 6) is 0.507. The summed E-state index contributed by atoms with van der Waals surface area (Å²) in [4.78, 5) is 48.9. The number of aromatic amines is 1. The second-order valence-corrected chi connectivity index (χ2v) is 14.5. The zero-order valence-electron chi connectivity index (χ0n) is 30.2. The molecule has 4 aromatic carbocycles. The van der Waals surface area contributed by atoms with Crippen molar-refractivity contribution in [1.82, 2.24) is 15.2 Å². The molecule has 1 fully saturated rings. The SMILES string of the molecule is COc1ccc(CN(c2cccc3ccccc23)C(C(=O)NCC2CCN(C(=O)OC(C)(C)C)CC2)C(=O)c2ccc3c(Cl)c[nH]c3c2)c(OC)c1. The number of likely N-dealkylation sites (tertiary alicyclic amines) is 1. The lowest BCUT2D eigenvalue weighted by atomic mass is 9.95. The molecule has 1 aliphatic heterocycles. The Bertz CT molecular complexity index is 2080. The van der Waals surface area contributed by atoms with Crippen LogP contribution in [-0.2, 0) is 16.1 Å². The molecule has 5 aromatic rings. The topological polar surface area (TPSA) is 113 Å². The number of nitrogens with one attached hydrogen (secondary N) is 2. The van der Waals surface area contributed by atoms with Gasteiger partial charge in [-0.2, -0.15) is 0 Å². The fourth-order valence-corrected chi connectivity index (χ4v) is 6.95. The van der Waals surface area contributed by atoms with Crippen LogP contribution in [0.1, 0.15) is 49.5 Å². The number of ether oxygens (including phenoxy) is 3. The van der Waals surface area contributed by atoms with Gasteiger partial charge in [-0.15, -0.1) is 0 Å². The molecule has 1 saturated heterocycles. The second-order valence-electron chi connectivity index (χ2n) is 14.1. The van der Waals surface area contributed by atoms with Gasteiger partial charge in [0.05, 0.1) is 19.2 Å². The molecule has 2 N–H and O–H groups in total. The average molecular weight is 725 g/mol. The Kier molecular flexibility index (Phi) is 11.0. The van der Waals surface area contributed by atoms with E-state index in [0.29, 0.717) is 60.1 Å². The number of Topliss-reactive ketones (excluding diaryl/α,β-unsaturated/α-hetero) is 1. The van der Waals surface area contributed by atoms with Crippen LogP contribution in [0.3, 0.4) is 0 Å². The number of rotatable bonds is 11. The van der Waals surface area contributed by atoms with E-state index in [0.717, 1.165) is 27.4 Å². The number of halogens is 1. The number of anilines is 1. The molecule has 11 heteroatoms. The van der Waals surface area contributed by atoms with Gasteiger partial charge in [0.15, 0.2) is 11.8 Å². The Hall–Kier alpha value is -5.22. The number of amides is 2. The number of hydrogen-bond donors (Lipinski definition) is 2. The maximum Gasteiger partial charge on any atom is 0.410 e. The summed E-state index contributed by atoms with van der Waals surface area (Å²) in [5, 5.41) is 6.33. The van der Waals surface area contributed by atoms with Crippen LogP contribution < -0.4 is 19.7 Å². The number of aromatic nitrogens is 1. The van der Waals surface area contributed by atoms with Crippen LogP contribution in [0.15, 0.2) is 85.1 Å². The van der Waals surface area contributed by atoms with Gasteiger partial charge in [0.2, 0.25) is 0 Å². The summed E-state index contributed by atoms with van der Waals surface area (Å²) in [7, 11) is 3.17. The van der Waals surface area contributed by atoms with E-state index in [2.05, 4.69) is 10.3 Å². The van der Waals surface area contributed by atoms with Crippen molar-refractivity contribution >= 4 is 56.7 Å². The van der Waals surface area contributed by atoms with Crippen LogP contribution in [0, 0.1) is 5.92 Å². The third-order valence-corrected chi connectivity index (χ3v) is 9.78. The summed E-state index contributed by atoms with van der Waals surface area (Å²) in [6, 6.07) is 23.3. The van der Waals surface area contributed by atoms with Gasteiger partial charge in [0.25, 0.3) is 5.91 Å². The van der Waals surface area contributed by atoms with Gasteiger partial charge in [0.1, 0.15) is 17.1 Å². The quantitative estimate of drug-likeness (QED) is 0.105. The zero-order chi connectivity index (χ0) is 37.0. The van der Waals surface area contributed by atoms with Gasteiger partial charge in [-0.05, 0) is 69.2 Å². The minimum Gasteiger partial charge on any atom is -0.497 e. The van der Waals surface area contributed by atoms with Gasteiger partial charge < -0.3 is 34.3 Å². The van der Waals surface area contributed by atoms with E-state index in [4.69, 9.17) is 25.8 Å². The van der Waals surface area contributed by atoms with Gasteiger partial charge >= 0.3 is 6.09 Å². The molecular formula is C41H45ClN4O6. The van der Waals surface area contributed by atoms with Crippen molar-refractivity contribution in [3.8, 4) is 11.5 Å². The number of nitrogens with zero attached hydrogens (tertiary/aromatic N) is 2. The highest BCUT2D eigenvalue weighted by Crippen LogP contribution is 2.34. The Morgan fingerprint density at radius 3 is 2.42 bits per heavy atom. The van der Waals surface area contributed by atoms with Crippen LogP contribution in [0.25, 0.3) is 21.7 Å². The first-order valence-electron chi connectivity index (χ1n) is 17.5. The summed E-state index contributed by atoms with van der Waals surface area (Å²) in [6.07, 6.45) is 2.73. The van der Waals surface area contributed by atoms with Crippen molar-refractivity contribution in [2.45, 2.75) is 51.8 Å². The van der Waals surface area contributed by atoms with Gasteiger partial charge in [0, 0.05) is 71.5 Å². The molecule has 2 heterocycles. The molecule has 0 aliphatic carbocycles. The molecule has 10 nitrogen and oxygen atoms in total. The normalized spacial score (nSPS) is 14.2. The van der Waals surface area contributed by atoms with Crippen molar-refractivity contribution in [2.24, 2.45) is 5.92 Å². The van der Waals surface area contributed by atoms with Crippen molar-refractivity contribution in [3.63, 3.8) is 0 Å². The van der Waals surface area contributed by atoms with E-state index < -0.39 is 17.6 Å². The molecule has 52 heavy (non-hydrogen) atoms. The molecule has 1 aromatic heterocycles. The average Bonchev–Trinajstić information content (AvgIpc) is 3.52. The maximum atomic E-state index is 14.9. The second kappa shape index (κ2) is 15.6. The standard InChI is InChI=1S/C41H45ClN4O6/c1-41(2,3)52-40(49)45-19-17-26(18-20-45)23-44-39(48)37(38(47)28-14-16-32-33(42)24-43-34(32)21-28)46(25-29-13-15-30(50-4)22-36(29)51-5)35-12-8-10-27-9-6-7-11-31(27)35/h6-16,21-22,24,26,37,43H,17-20,23,25H2,1-5H3,(H,44,48). The first-order chi connectivity index (χ1) is 25.0. The number of carbonyl (C=O) groups excluding carboxylic acids is 3. The highest BCUT2D eigenvalue weighted by molar-refractivity contribution is 6.35. The number of fused-ring (bicyclic) bond motifs is 2. The van der Waals surface area contributed by atoms with Crippen molar-refractivity contribution in [3.05, 3.63) is 101 Å². The lowest BCUT2D eigenvalue weighted by Gasteiger charge is -2.35. The zero-order valence-corrected chi connectivity index (χ0v) is 31.0. The van der Waals surface area contributed by atoms with Crippen LogP contribution in [0.4, 0.5) is 10.5 Å². The Morgan fingerprint density at radius 2 is 1.69 bits per heavy atom.